The van der Waals surface area contributed by atoms with Gasteiger partial charge in [0, 0.05) is 34.1 Å². The van der Waals surface area contributed by atoms with Crippen molar-refractivity contribution in [3.63, 3.8) is 0 Å². The first-order valence-electron chi connectivity index (χ1n) is 18.6. The number of aryl methyl sites for hydroxylation is 1. The molecular weight excluding hydrogens is 655 g/mol. The van der Waals surface area contributed by atoms with E-state index in [1.54, 1.807) is 0 Å². The van der Waals surface area contributed by atoms with E-state index < -0.39 is 8.07 Å². The first kappa shape index (κ1) is 30.3. The predicted molar refractivity (Wildman–Crippen MR) is 228 cm³/mol. The molecule has 0 N–H and O–H groups in total. The van der Waals surface area contributed by atoms with Crippen LogP contribution in [0.2, 0.25) is 0 Å². The van der Waals surface area contributed by atoms with Crippen LogP contribution in [-0.2, 0) is 0 Å². The van der Waals surface area contributed by atoms with Crippen LogP contribution in [0.25, 0.3) is 11.1 Å². The Labute approximate surface area is 312 Å². The summed E-state index contributed by atoms with van der Waals surface area (Å²) in [6.07, 6.45) is 0. The fourth-order valence-corrected chi connectivity index (χ4v) is 15.0. The molecule has 3 heterocycles. The third kappa shape index (κ3) is 4.16. The Hall–Kier alpha value is -6.36. The molecule has 0 radical (unpaired) electrons. The van der Waals surface area contributed by atoms with Gasteiger partial charge < -0.3 is 9.80 Å². The molecule has 248 valence electrons. The minimum atomic E-state index is -2.71. The zero-order valence-electron chi connectivity index (χ0n) is 29.4. The van der Waals surface area contributed by atoms with Gasteiger partial charge in [-0.1, -0.05) is 152 Å². The smallest absolute Gasteiger partial charge is 0.252 e. The van der Waals surface area contributed by atoms with Crippen LogP contribution in [-0.4, -0.2) is 14.8 Å². The van der Waals surface area contributed by atoms with Crippen LogP contribution in [0.4, 0.5) is 34.1 Å². The van der Waals surface area contributed by atoms with E-state index in [0.717, 1.165) is 0 Å². The zero-order valence-corrected chi connectivity index (χ0v) is 30.4. The average Bonchev–Trinajstić information content (AvgIpc) is 3.52. The summed E-state index contributed by atoms with van der Waals surface area (Å²) in [5.74, 6) is 0. The van der Waals surface area contributed by atoms with Gasteiger partial charge in [0.15, 0.2) is 8.07 Å². The van der Waals surface area contributed by atoms with E-state index in [2.05, 4.69) is 211 Å². The van der Waals surface area contributed by atoms with E-state index in [1.807, 2.05) is 0 Å². The summed E-state index contributed by atoms with van der Waals surface area (Å²) in [5, 5.41) is 5.78. The minimum absolute atomic E-state index is 0.0540. The molecule has 0 amide bonds. The van der Waals surface area contributed by atoms with Gasteiger partial charge in [-0.15, -0.1) is 0 Å². The van der Waals surface area contributed by atoms with E-state index in [-0.39, 0.29) is 6.71 Å². The summed E-state index contributed by atoms with van der Waals surface area (Å²) in [5.41, 5.74) is 15.4. The molecule has 3 aliphatic rings. The van der Waals surface area contributed by atoms with Gasteiger partial charge in [0.05, 0.1) is 0 Å². The highest BCUT2D eigenvalue weighted by Gasteiger charge is 2.51. The van der Waals surface area contributed by atoms with Crippen LogP contribution in [0.15, 0.2) is 194 Å². The third-order valence-corrected chi connectivity index (χ3v) is 16.7. The van der Waals surface area contributed by atoms with Crippen LogP contribution in [0.3, 0.4) is 0 Å². The molecule has 0 bridgehead atoms. The average molecular weight is 691 g/mol. The highest BCUT2D eigenvalue weighted by Crippen LogP contribution is 2.46. The van der Waals surface area contributed by atoms with Crippen molar-refractivity contribution < 1.29 is 0 Å². The lowest BCUT2D eigenvalue weighted by atomic mass is 9.33. The van der Waals surface area contributed by atoms with Crippen molar-refractivity contribution >= 4 is 86.0 Å². The van der Waals surface area contributed by atoms with E-state index in [9.17, 15) is 0 Å². The molecule has 0 spiro atoms. The summed E-state index contributed by atoms with van der Waals surface area (Å²) in [7, 11) is -2.71. The second-order valence-corrected chi connectivity index (χ2v) is 18.2. The summed E-state index contributed by atoms with van der Waals surface area (Å²) >= 11 is 0. The summed E-state index contributed by atoms with van der Waals surface area (Å²) < 4.78 is 0. The number of hydrogen-bond acceptors (Lipinski definition) is 2. The Bertz CT molecular complexity index is 2660. The maximum Gasteiger partial charge on any atom is 0.252 e. The van der Waals surface area contributed by atoms with Gasteiger partial charge >= 0.3 is 0 Å². The lowest BCUT2D eigenvalue weighted by molar-refractivity contribution is 1.23. The molecule has 53 heavy (non-hydrogen) atoms. The number of rotatable bonds is 4. The Kier molecular flexibility index (Phi) is 6.61. The summed E-state index contributed by atoms with van der Waals surface area (Å²) in [6.45, 7) is 2.34. The molecule has 0 fully saturated rings. The van der Waals surface area contributed by atoms with Gasteiger partial charge in [-0.3, -0.25) is 0 Å². The zero-order chi connectivity index (χ0) is 35.1. The standard InChI is InChI=1S/C49H35BN2Si/c1-34-30-31-44-48-49(34)52(36-20-8-3-9-21-36)45-32-40-39-26-14-17-29-46(39)53(37-22-10-4-11-23-37,38-24-12-5-13-25-38)47(40)33-42(45)50(48)41-27-15-16-28-43(41)51(44)35-18-6-2-7-19-35/h2-33H,1H3. The van der Waals surface area contributed by atoms with E-state index in [1.165, 1.54) is 87.9 Å². The largest absolute Gasteiger partial charge is 0.311 e. The van der Waals surface area contributed by atoms with Gasteiger partial charge in [0.1, 0.15) is 0 Å². The normalized spacial score (nSPS) is 14.2. The van der Waals surface area contributed by atoms with Gasteiger partial charge in [-0.25, -0.2) is 0 Å². The molecule has 2 nitrogen and oxygen atoms in total. The molecule has 0 saturated heterocycles. The van der Waals surface area contributed by atoms with E-state index in [0.29, 0.717) is 0 Å². The molecule has 11 rings (SSSR count). The number of hydrogen-bond donors (Lipinski definition) is 0. The van der Waals surface area contributed by atoms with E-state index >= 15 is 0 Å². The second-order valence-electron chi connectivity index (χ2n) is 14.5. The Morgan fingerprint density at radius 2 is 0.981 bits per heavy atom. The van der Waals surface area contributed by atoms with Crippen LogP contribution in [0, 0.1) is 6.92 Å². The van der Waals surface area contributed by atoms with Crippen LogP contribution < -0.4 is 46.9 Å². The van der Waals surface area contributed by atoms with Crippen LogP contribution in [0.1, 0.15) is 5.56 Å². The molecule has 8 aromatic rings. The Morgan fingerprint density at radius 1 is 0.415 bits per heavy atom. The molecule has 0 aromatic heterocycles. The van der Waals surface area contributed by atoms with E-state index in [4.69, 9.17) is 0 Å². The molecule has 0 aliphatic carbocycles. The molecule has 0 saturated carbocycles. The predicted octanol–water partition coefficient (Wildman–Crippen LogP) is 7.44. The second kappa shape index (κ2) is 11.6. The number of benzene rings is 8. The molecule has 0 atom stereocenters. The molecule has 3 aliphatic heterocycles. The maximum atomic E-state index is 2.65. The third-order valence-electron chi connectivity index (χ3n) is 11.8. The lowest BCUT2D eigenvalue weighted by Gasteiger charge is -2.45. The van der Waals surface area contributed by atoms with Gasteiger partial charge in [-0.2, -0.15) is 0 Å². The summed E-state index contributed by atoms with van der Waals surface area (Å²) in [4.78, 5) is 5.04. The highest BCUT2D eigenvalue weighted by atomic mass is 28.3. The first-order chi connectivity index (χ1) is 26.2. The lowest BCUT2D eigenvalue weighted by Crippen LogP contribution is -2.73. The van der Waals surface area contributed by atoms with Gasteiger partial charge in [-0.05, 0) is 103 Å². The summed E-state index contributed by atoms with van der Waals surface area (Å²) in [6, 6.07) is 72.8. The number of nitrogens with zero attached hydrogens (tertiary/aromatic N) is 2. The first-order valence-corrected chi connectivity index (χ1v) is 20.6. The van der Waals surface area contributed by atoms with Gasteiger partial charge in [0.25, 0.3) is 6.71 Å². The van der Waals surface area contributed by atoms with Crippen LogP contribution >= 0.6 is 0 Å². The van der Waals surface area contributed by atoms with Crippen molar-refractivity contribution in [2.75, 3.05) is 9.80 Å². The molecule has 0 unspecified atom stereocenters. The number of fused-ring (bicyclic) bond motifs is 7. The molecule has 4 heteroatoms. The van der Waals surface area contributed by atoms with Crippen molar-refractivity contribution in [2.24, 2.45) is 0 Å². The topological polar surface area (TPSA) is 6.48 Å². The number of para-hydroxylation sites is 3. The fraction of sp³-hybridized carbons (Fsp3) is 0.0204. The Morgan fingerprint density at radius 3 is 1.66 bits per heavy atom. The van der Waals surface area contributed by atoms with Crippen molar-refractivity contribution in [3.8, 4) is 11.1 Å². The molecular formula is C49H35BN2Si. The quantitative estimate of drug-likeness (QED) is 0.177. The van der Waals surface area contributed by atoms with Crippen molar-refractivity contribution in [1.82, 2.24) is 0 Å². The van der Waals surface area contributed by atoms with Gasteiger partial charge in [0.2, 0.25) is 0 Å². The van der Waals surface area contributed by atoms with Crippen LogP contribution in [0.5, 0.6) is 0 Å². The number of anilines is 6. The SMILES string of the molecule is Cc1ccc2c3c1N(c1ccccc1)c1cc4c(cc1B3c1ccccc1N2c1ccccc1)[Si](c1ccccc1)(c1ccccc1)c1ccccc1-4. The van der Waals surface area contributed by atoms with Crippen molar-refractivity contribution in [3.05, 3.63) is 200 Å². The Balaban J connectivity index is 1.29. The molecule has 8 aromatic carbocycles. The van der Waals surface area contributed by atoms with Crippen molar-refractivity contribution in [1.29, 1.82) is 0 Å². The minimum Gasteiger partial charge on any atom is -0.311 e. The highest BCUT2D eigenvalue weighted by molar-refractivity contribution is 7.22. The van der Waals surface area contributed by atoms with Crippen molar-refractivity contribution in [2.45, 2.75) is 6.92 Å². The monoisotopic (exact) mass is 690 g/mol. The fourth-order valence-electron chi connectivity index (χ4n) is 9.77. The maximum absolute atomic E-state index is 2.71.